The molecular formula is C36H26N6O3. The second-order valence-corrected chi connectivity index (χ2v) is 11.9. The van der Waals surface area contributed by atoms with Gasteiger partial charge in [0.25, 0.3) is 0 Å². The number of aromatic nitrogens is 6. The van der Waals surface area contributed by atoms with Gasteiger partial charge in [0.1, 0.15) is 0 Å². The van der Waals surface area contributed by atoms with E-state index in [1.807, 2.05) is 99.6 Å². The Morgan fingerprint density at radius 2 is 0.756 bits per heavy atom. The van der Waals surface area contributed by atoms with Crippen LogP contribution in [-0.2, 0) is 5.41 Å². The highest BCUT2D eigenvalue weighted by Crippen LogP contribution is 2.35. The van der Waals surface area contributed by atoms with Crippen LogP contribution in [0.2, 0.25) is 0 Å². The highest BCUT2D eigenvalue weighted by molar-refractivity contribution is 5.87. The van der Waals surface area contributed by atoms with E-state index in [0.717, 1.165) is 32.7 Å². The highest BCUT2D eigenvalue weighted by Gasteiger charge is 2.24. The lowest BCUT2D eigenvalue weighted by atomic mass is 9.97. The van der Waals surface area contributed by atoms with Gasteiger partial charge in [-0.1, -0.05) is 81.4 Å². The Labute approximate surface area is 257 Å². The van der Waals surface area contributed by atoms with E-state index in [9.17, 15) is 0 Å². The van der Waals surface area contributed by atoms with Crippen LogP contribution in [0.1, 0.15) is 26.7 Å². The zero-order valence-electron chi connectivity index (χ0n) is 24.7. The van der Waals surface area contributed by atoms with E-state index in [1.165, 1.54) is 0 Å². The summed E-state index contributed by atoms with van der Waals surface area (Å²) in [5.41, 5.74) is 3.28. The van der Waals surface area contributed by atoms with Gasteiger partial charge in [-0.25, -0.2) is 0 Å². The third-order valence-corrected chi connectivity index (χ3v) is 7.58. The Morgan fingerprint density at radius 1 is 0.378 bits per heavy atom. The average Bonchev–Trinajstić information content (AvgIpc) is 3.86. The molecule has 0 unspecified atom stereocenters. The largest absolute Gasteiger partial charge is 0.420 e. The minimum absolute atomic E-state index is 0.311. The lowest BCUT2D eigenvalue weighted by molar-refractivity contribution is 0.399. The zero-order valence-corrected chi connectivity index (χ0v) is 24.7. The molecule has 45 heavy (non-hydrogen) atoms. The molecule has 0 bridgehead atoms. The summed E-state index contributed by atoms with van der Waals surface area (Å²) in [5, 5.41) is 30.6. The first kappa shape index (κ1) is 26.7. The minimum atomic E-state index is -0.311. The second-order valence-electron chi connectivity index (χ2n) is 11.9. The van der Waals surface area contributed by atoms with Crippen molar-refractivity contribution in [3.63, 3.8) is 0 Å². The van der Waals surface area contributed by atoms with E-state index in [-0.39, 0.29) is 5.41 Å². The Bertz CT molecular complexity index is 2210. The standard InChI is InChI=1S/C36H26N6O3/c1-36(2,3)35-42-41-34(45-35)29-19-27(32-39-37-30(43-32)25-14-12-21-8-4-6-10-23(21)16-25)18-28(20-29)33-40-38-31(44-33)26-15-13-22-9-5-7-11-24(22)17-26/h4-20H,1-3H3. The number of hydrogen-bond donors (Lipinski definition) is 0. The van der Waals surface area contributed by atoms with Crippen molar-refractivity contribution in [1.29, 1.82) is 0 Å². The number of rotatable bonds is 5. The quantitative estimate of drug-likeness (QED) is 0.194. The fourth-order valence-electron chi connectivity index (χ4n) is 5.20. The smallest absolute Gasteiger partial charge is 0.248 e. The maximum atomic E-state index is 6.21. The molecule has 8 aromatic rings. The molecular weight excluding hydrogens is 564 g/mol. The van der Waals surface area contributed by atoms with Crippen LogP contribution in [0.15, 0.2) is 116 Å². The van der Waals surface area contributed by atoms with E-state index < -0.39 is 0 Å². The molecule has 0 amide bonds. The molecule has 3 aromatic heterocycles. The van der Waals surface area contributed by atoms with Crippen molar-refractivity contribution in [2.75, 3.05) is 0 Å². The molecule has 0 aliphatic heterocycles. The van der Waals surface area contributed by atoms with E-state index in [0.29, 0.717) is 52.0 Å². The molecule has 0 aliphatic carbocycles. The zero-order chi connectivity index (χ0) is 30.5. The maximum Gasteiger partial charge on any atom is 0.248 e. The first-order valence-electron chi connectivity index (χ1n) is 14.5. The van der Waals surface area contributed by atoms with Crippen LogP contribution < -0.4 is 0 Å². The Hall–Kier alpha value is -5.96. The van der Waals surface area contributed by atoms with Gasteiger partial charge in [0.05, 0.1) is 0 Å². The number of hydrogen-bond acceptors (Lipinski definition) is 9. The van der Waals surface area contributed by atoms with Gasteiger partial charge in [-0.05, 0) is 64.0 Å². The summed E-state index contributed by atoms with van der Waals surface area (Å²) in [7, 11) is 0. The molecule has 0 spiro atoms. The summed E-state index contributed by atoms with van der Waals surface area (Å²) < 4.78 is 18.5. The predicted molar refractivity (Wildman–Crippen MR) is 171 cm³/mol. The van der Waals surface area contributed by atoms with Gasteiger partial charge < -0.3 is 13.3 Å². The van der Waals surface area contributed by atoms with Gasteiger partial charge in [0.2, 0.25) is 35.3 Å². The highest BCUT2D eigenvalue weighted by atomic mass is 16.4. The van der Waals surface area contributed by atoms with Crippen molar-refractivity contribution < 1.29 is 13.3 Å². The van der Waals surface area contributed by atoms with Gasteiger partial charge in [-0.3, -0.25) is 0 Å². The molecule has 0 atom stereocenters. The summed E-state index contributed by atoms with van der Waals surface area (Å²) in [6.07, 6.45) is 0. The monoisotopic (exact) mass is 590 g/mol. The number of benzene rings is 5. The molecule has 9 nitrogen and oxygen atoms in total. The van der Waals surface area contributed by atoms with E-state index in [1.54, 1.807) is 0 Å². The molecule has 0 fully saturated rings. The summed E-state index contributed by atoms with van der Waals surface area (Å²) in [6, 6.07) is 34.0. The van der Waals surface area contributed by atoms with Crippen LogP contribution in [0, 0.1) is 0 Å². The van der Waals surface area contributed by atoms with Crippen molar-refractivity contribution in [1.82, 2.24) is 30.6 Å². The molecule has 0 N–H and O–H groups in total. The first-order valence-corrected chi connectivity index (χ1v) is 14.5. The molecule has 0 saturated heterocycles. The Balaban J connectivity index is 1.21. The minimum Gasteiger partial charge on any atom is -0.420 e. The van der Waals surface area contributed by atoms with E-state index in [4.69, 9.17) is 13.3 Å². The Kier molecular flexibility index (Phi) is 6.12. The SMILES string of the molecule is CC(C)(C)c1nnc(-c2cc(-c3nnc(-c4ccc5ccccc5c4)o3)cc(-c3nnc(-c4ccc5ccccc5c4)o3)c2)o1. The topological polar surface area (TPSA) is 117 Å². The van der Waals surface area contributed by atoms with Crippen LogP contribution in [0.3, 0.4) is 0 Å². The van der Waals surface area contributed by atoms with Gasteiger partial charge in [-0.2, -0.15) is 0 Å². The second kappa shape index (κ2) is 10.3. The lowest BCUT2D eigenvalue weighted by Gasteiger charge is -2.11. The van der Waals surface area contributed by atoms with Crippen LogP contribution in [-0.4, -0.2) is 30.6 Å². The van der Waals surface area contributed by atoms with Crippen molar-refractivity contribution in [2.45, 2.75) is 26.2 Å². The lowest BCUT2D eigenvalue weighted by Crippen LogP contribution is -2.11. The summed E-state index contributed by atoms with van der Waals surface area (Å²) in [4.78, 5) is 0. The van der Waals surface area contributed by atoms with Gasteiger partial charge in [-0.15, -0.1) is 30.6 Å². The number of nitrogens with zero attached hydrogens (tertiary/aromatic N) is 6. The summed E-state index contributed by atoms with van der Waals surface area (Å²) >= 11 is 0. The number of fused-ring (bicyclic) bond motifs is 2. The molecule has 8 rings (SSSR count). The first-order chi connectivity index (χ1) is 21.9. The van der Waals surface area contributed by atoms with Gasteiger partial charge >= 0.3 is 0 Å². The fourth-order valence-corrected chi connectivity index (χ4v) is 5.20. The van der Waals surface area contributed by atoms with Crippen molar-refractivity contribution in [3.8, 4) is 57.3 Å². The van der Waals surface area contributed by atoms with E-state index >= 15 is 0 Å². The van der Waals surface area contributed by atoms with Crippen molar-refractivity contribution in [3.05, 3.63) is 109 Å². The fraction of sp³-hybridized carbons (Fsp3) is 0.111. The molecule has 0 aliphatic rings. The van der Waals surface area contributed by atoms with E-state index in [2.05, 4.69) is 54.9 Å². The van der Waals surface area contributed by atoms with Gasteiger partial charge in [0.15, 0.2) is 0 Å². The van der Waals surface area contributed by atoms with Crippen LogP contribution in [0.4, 0.5) is 0 Å². The molecule has 218 valence electrons. The predicted octanol–water partition coefficient (Wildman–Crippen LogP) is 8.77. The molecule has 9 heteroatoms. The Morgan fingerprint density at radius 3 is 1.18 bits per heavy atom. The van der Waals surface area contributed by atoms with Crippen molar-refractivity contribution >= 4 is 21.5 Å². The molecule has 0 radical (unpaired) electrons. The summed E-state index contributed by atoms with van der Waals surface area (Å²) in [6.45, 7) is 6.06. The van der Waals surface area contributed by atoms with Crippen molar-refractivity contribution in [2.24, 2.45) is 0 Å². The molecule has 0 saturated carbocycles. The summed E-state index contributed by atoms with van der Waals surface area (Å²) in [5.74, 6) is 2.35. The van der Waals surface area contributed by atoms with Crippen LogP contribution in [0.5, 0.6) is 0 Å². The average molecular weight is 591 g/mol. The van der Waals surface area contributed by atoms with Crippen LogP contribution >= 0.6 is 0 Å². The molecule has 3 heterocycles. The van der Waals surface area contributed by atoms with Crippen LogP contribution in [0.25, 0.3) is 78.8 Å². The molecule has 5 aromatic carbocycles. The third kappa shape index (κ3) is 5.04. The normalized spacial score (nSPS) is 11.9. The third-order valence-electron chi connectivity index (χ3n) is 7.58. The van der Waals surface area contributed by atoms with Gasteiger partial charge in [0, 0.05) is 33.2 Å². The maximum absolute atomic E-state index is 6.21.